The Morgan fingerprint density at radius 1 is 1.28 bits per heavy atom. The molecule has 0 unspecified atom stereocenters. The quantitative estimate of drug-likeness (QED) is 0.545. The highest BCUT2D eigenvalue weighted by Gasteiger charge is 2.42. The van der Waals surface area contributed by atoms with Gasteiger partial charge in [0.15, 0.2) is 0 Å². The van der Waals surface area contributed by atoms with E-state index in [9.17, 15) is 4.79 Å². The predicted molar refractivity (Wildman–Crippen MR) is 116 cm³/mol. The lowest BCUT2D eigenvalue weighted by molar-refractivity contribution is -0.119. The van der Waals surface area contributed by atoms with Gasteiger partial charge in [-0.05, 0) is 38.7 Å². The third-order valence-corrected chi connectivity index (χ3v) is 6.14. The molecule has 0 atom stereocenters. The molecule has 1 fully saturated rings. The number of nitrogen functional groups attached to an aromatic ring is 1. The number of fused-ring (bicyclic) bond motifs is 1. The first-order valence-electron chi connectivity index (χ1n) is 10.3. The van der Waals surface area contributed by atoms with Crippen molar-refractivity contribution in [2.24, 2.45) is 5.92 Å². The van der Waals surface area contributed by atoms with Gasteiger partial charge in [-0.15, -0.1) is 0 Å². The summed E-state index contributed by atoms with van der Waals surface area (Å²) in [6, 6.07) is 7.71. The van der Waals surface area contributed by atoms with E-state index >= 15 is 0 Å². The summed E-state index contributed by atoms with van der Waals surface area (Å²) in [6.07, 6.45) is 7.05. The smallest absolute Gasteiger partial charge is 0.235 e. The third kappa shape index (κ3) is 3.69. The lowest BCUT2D eigenvalue weighted by Crippen LogP contribution is -2.27. The number of nitrogens with two attached hydrogens (primary N) is 1. The number of anilines is 4. The average Bonchev–Trinajstić information content (AvgIpc) is 3.26. The van der Waals surface area contributed by atoms with Crippen molar-refractivity contribution >= 4 is 34.9 Å². The molecule has 1 amide bonds. The van der Waals surface area contributed by atoms with Crippen molar-refractivity contribution in [1.82, 2.24) is 9.97 Å². The highest BCUT2D eigenvalue weighted by molar-refractivity contribution is 6.06. The molecule has 1 aromatic heterocycles. The van der Waals surface area contributed by atoms with Crippen molar-refractivity contribution in [2.75, 3.05) is 16.4 Å². The maximum Gasteiger partial charge on any atom is 0.235 e. The molecular weight excluding hydrogens is 364 g/mol. The molecule has 29 heavy (non-hydrogen) atoms. The molecule has 0 bridgehead atoms. The first-order valence-corrected chi connectivity index (χ1v) is 10.3. The van der Waals surface area contributed by atoms with E-state index in [1.165, 1.54) is 25.7 Å². The zero-order chi connectivity index (χ0) is 20.6. The number of aromatic nitrogens is 2. The zero-order valence-corrected chi connectivity index (χ0v) is 17.0. The van der Waals surface area contributed by atoms with Crippen LogP contribution in [-0.2, 0) is 10.2 Å². The Labute approximate surface area is 171 Å². The van der Waals surface area contributed by atoms with Gasteiger partial charge >= 0.3 is 0 Å². The average molecular weight is 393 g/mol. The Balaban J connectivity index is 1.55. The summed E-state index contributed by atoms with van der Waals surface area (Å²) in [5.74, 6) is 1.66. The fourth-order valence-electron chi connectivity index (χ4n) is 4.38. The van der Waals surface area contributed by atoms with Crippen molar-refractivity contribution in [3.05, 3.63) is 35.4 Å². The van der Waals surface area contributed by atoms with Gasteiger partial charge in [0.1, 0.15) is 11.6 Å². The molecule has 7 heteroatoms. The van der Waals surface area contributed by atoms with Gasteiger partial charge in [-0.3, -0.25) is 4.79 Å². The summed E-state index contributed by atoms with van der Waals surface area (Å²) in [7, 11) is 0. The molecule has 2 aromatic rings. The molecule has 2 heterocycles. The van der Waals surface area contributed by atoms with E-state index in [0.29, 0.717) is 23.0 Å². The number of nitrogens with zero attached hydrogens (tertiary/aromatic N) is 2. The number of benzene rings is 1. The Morgan fingerprint density at radius 2 is 2.00 bits per heavy atom. The van der Waals surface area contributed by atoms with Crippen LogP contribution in [0, 0.1) is 11.3 Å². The summed E-state index contributed by atoms with van der Waals surface area (Å²) >= 11 is 0. The van der Waals surface area contributed by atoms with E-state index in [4.69, 9.17) is 11.1 Å². The van der Waals surface area contributed by atoms with Crippen molar-refractivity contribution < 1.29 is 4.79 Å². The van der Waals surface area contributed by atoms with Crippen LogP contribution in [0.2, 0.25) is 0 Å². The molecular formula is C22H28N6O. The third-order valence-electron chi connectivity index (χ3n) is 6.14. The minimum absolute atomic E-state index is 0.139. The molecule has 4 rings (SSSR count). The fraction of sp³-hybridized carbons (Fsp3) is 0.455. The number of rotatable bonds is 6. The molecule has 0 radical (unpaired) electrons. The van der Waals surface area contributed by atoms with Gasteiger partial charge < -0.3 is 21.8 Å². The van der Waals surface area contributed by atoms with Crippen LogP contribution in [-0.4, -0.2) is 21.6 Å². The van der Waals surface area contributed by atoms with Crippen molar-refractivity contribution in [3.63, 3.8) is 0 Å². The summed E-state index contributed by atoms with van der Waals surface area (Å²) < 4.78 is 0. The molecule has 1 aliphatic heterocycles. The SMILES string of the molecule is CC1(C)C(=O)Nc2nc(Nc3ccccc3C(=N)CCC3CCCC3)nc(N)c21. The molecule has 2 aliphatic rings. The van der Waals surface area contributed by atoms with Crippen LogP contribution in [0.5, 0.6) is 0 Å². The Hall–Kier alpha value is -2.96. The zero-order valence-electron chi connectivity index (χ0n) is 17.0. The van der Waals surface area contributed by atoms with Crippen LogP contribution in [0.4, 0.5) is 23.3 Å². The maximum atomic E-state index is 12.2. The van der Waals surface area contributed by atoms with Crippen LogP contribution in [0.25, 0.3) is 0 Å². The highest BCUT2D eigenvalue weighted by atomic mass is 16.2. The van der Waals surface area contributed by atoms with Gasteiger partial charge in [-0.1, -0.05) is 43.9 Å². The minimum Gasteiger partial charge on any atom is -0.383 e. The summed E-state index contributed by atoms with van der Waals surface area (Å²) in [5.41, 5.74) is 8.26. The predicted octanol–water partition coefficient (Wildman–Crippen LogP) is 4.37. The van der Waals surface area contributed by atoms with Crippen molar-refractivity contribution in [2.45, 2.75) is 57.8 Å². The Morgan fingerprint density at radius 3 is 2.76 bits per heavy atom. The first kappa shape index (κ1) is 19.4. The molecule has 1 aliphatic carbocycles. The second kappa shape index (κ2) is 7.46. The van der Waals surface area contributed by atoms with E-state index in [-0.39, 0.29) is 11.7 Å². The van der Waals surface area contributed by atoms with Gasteiger partial charge in [0, 0.05) is 17.0 Å². The minimum atomic E-state index is -0.752. The van der Waals surface area contributed by atoms with Crippen molar-refractivity contribution in [3.8, 4) is 0 Å². The van der Waals surface area contributed by atoms with Gasteiger partial charge in [0.05, 0.1) is 11.0 Å². The van der Waals surface area contributed by atoms with Gasteiger partial charge in [0.2, 0.25) is 11.9 Å². The van der Waals surface area contributed by atoms with Crippen LogP contribution in [0.3, 0.4) is 0 Å². The summed E-state index contributed by atoms with van der Waals surface area (Å²) in [6.45, 7) is 3.62. The largest absolute Gasteiger partial charge is 0.383 e. The number of hydrogen-bond donors (Lipinski definition) is 4. The molecule has 1 saturated carbocycles. The second-order valence-corrected chi connectivity index (χ2v) is 8.57. The van der Waals surface area contributed by atoms with E-state index < -0.39 is 5.41 Å². The summed E-state index contributed by atoms with van der Waals surface area (Å²) in [4.78, 5) is 21.0. The Kier molecular flexibility index (Phi) is 4.98. The Bertz CT molecular complexity index is 962. The molecule has 0 spiro atoms. The topological polar surface area (TPSA) is 117 Å². The molecule has 5 N–H and O–H groups in total. The lowest BCUT2D eigenvalue weighted by atomic mass is 9.87. The van der Waals surface area contributed by atoms with Crippen molar-refractivity contribution in [1.29, 1.82) is 5.41 Å². The van der Waals surface area contributed by atoms with Crippen LogP contribution >= 0.6 is 0 Å². The number of nitrogens with one attached hydrogen (secondary N) is 3. The number of para-hydroxylation sites is 1. The van der Waals surface area contributed by atoms with Crippen LogP contribution < -0.4 is 16.4 Å². The van der Waals surface area contributed by atoms with E-state index in [2.05, 4.69) is 20.6 Å². The van der Waals surface area contributed by atoms with E-state index in [1.54, 1.807) is 0 Å². The monoisotopic (exact) mass is 392 g/mol. The number of hydrogen-bond acceptors (Lipinski definition) is 6. The molecule has 152 valence electrons. The highest BCUT2D eigenvalue weighted by Crippen LogP contribution is 2.40. The second-order valence-electron chi connectivity index (χ2n) is 8.57. The normalized spacial score (nSPS) is 17.8. The molecule has 0 saturated heterocycles. The lowest BCUT2D eigenvalue weighted by Gasteiger charge is -2.17. The van der Waals surface area contributed by atoms with E-state index in [1.807, 2.05) is 38.1 Å². The number of amides is 1. The first-order chi connectivity index (χ1) is 13.9. The van der Waals surface area contributed by atoms with Crippen LogP contribution in [0.1, 0.15) is 63.5 Å². The summed E-state index contributed by atoms with van der Waals surface area (Å²) in [5, 5.41) is 14.6. The van der Waals surface area contributed by atoms with Crippen LogP contribution in [0.15, 0.2) is 24.3 Å². The maximum absolute atomic E-state index is 12.2. The van der Waals surface area contributed by atoms with Gasteiger partial charge in [-0.2, -0.15) is 9.97 Å². The van der Waals surface area contributed by atoms with Gasteiger partial charge in [0.25, 0.3) is 0 Å². The molecule has 1 aromatic carbocycles. The number of carbonyl (C=O) groups excluding carboxylic acids is 1. The molecule has 7 nitrogen and oxygen atoms in total. The number of carbonyl (C=O) groups is 1. The van der Waals surface area contributed by atoms with Gasteiger partial charge in [-0.25, -0.2) is 0 Å². The van der Waals surface area contributed by atoms with E-state index in [0.717, 1.165) is 30.0 Å². The fourth-order valence-corrected chi connectivity index (χ4v) is 4.38. The standard InChI is InChI=1S/C22H28N6O/c1-22(2)17-18(24)26-21(28-19(17)27-20(22)29)25-16-10-6-5-9-14(16)15(23)12-11-13-7-3-4-8-13/h5-6,9-10,13,23H,3-4,7-8,11-12H2,1-2H3,(H4,24,25,26,27,28,29).